The van der Waals surface area contributed by atoms with Crippen LogP contribution in [0.1, 0.15) is 23.1 Å². The van der Waals surface area contributed by atoms with E-state index < -0.39 is 0 Å². The number of aryl methyl sites for hydroxylation is 1. The van der Waals surface area contributed by atoms with Crippen molar-refractivity contribution < 1.29 is 4.79 Å². The number of nitrogens with one attached hydrogen (secondary N) is 3. The van der Waals surface area contributed by atoms with Crippen LogP contribution < -0.4 is 10.9 Å². The molecule has 0 saturated heterocycles. The van der Waals surface area contributed by atoms with Crippen molar-refractivity contribution >= 4 is 11.9 Å². The number of hydrazine groups is 1. The fraction of sp³-hybridized carbons (Fsp3) is 0.200. The van der Waals surface area contributed by atoms with Crippen molar-refractivity contribution in [3.63, 3.8) is 0 Å². The third-order valence-electron chi connectivity index (χ3n) is 2.10. The van der Waals surface area contributed by atoms with Crippen LogP contribution in [0, 0.1) is 0 Å². The molecular formula is C10H12N6O. The monoisotopic (exact) mass is 232 g/mol. The molecule has 0 unspecified atom stereocenters. The van der Waals surface area contributed by atoms with Gasteiger partial charge in [0.05, 0.1) is 0 Å². The molecule has 2 heterocycles. The normalized spacial score (nSPS) is 9.94. The topological polar surface area (TPSA) is 95.6 Å². The van der Waals surface area contributed by atoms with E-state index in [1.54, 1.807) is 24.5 Å². The summed E-state index contributed by atoms with van der Waals surface area (Å²) in [6, 6.07) is 3.39. The lowest BCUT2D eigenvalue weighted by atomic mass is 10.3. The molecule has 2 aromatic rings. The number of anilines is 1. The SMILES string of the molecule is CCc1cc(C(=O)NNc2ncccn2)n[nH]1. The highest BCUT2D eigenvalue weighted by molar-refractivity contribution is 5.92. The molecule has 7 nitrogen and oxygen atoms in total. The molecule has 0 spiro atoms. The van der Waals surface area contributed by atoms with Gasteiger partial charge in [-0.2, -0.15) is 5.10 Å². The minimum absolute atomic E-state index is 0.324. The van der Waals surface area contributed by atoms with Gasteiger partial charge in [0.25, 0.3) is 5.91 Å². The van der Waals surface area contributed by atoms with Gasteiger partial charge in [-0.1, -0.05) is 6.92 Å². The average molecular weight is 232 g/mol. The van der Waals surface area contributed by atoms with Crippen LogP contribution in [0.5, 0.6) is 0 Å². The number of aromatic amines is 1. The Bertz CT molecular complexity index is 495. The van der Waals surface area contributed by atoms with Crippen LogP contribution in [-0.4, -0.2) is 26.1 Å². The largest absolute Gasteiger partial charge is 0.290 e. The van der Waals surface area contributed by atoms with Gasteiger partial charge in [0.15, 0.2) is 5.69 Å². The molecule has 0 atom stereocenters. The fourth-order valence-electron chi connectivity index (χ4n) is 1.20. The number of H-pyrrole nitrogens is 1. The molecule has 7 heteroatoms. The second-order valence-electron chi connectivity index (χ2n) is 3.28. The van der Waals surface area contributed by atoms with Crippen LogP contribution in [-0.2, 0) is 6.42 Å². The van der Waals surface area contributed by atoms with Crippen molar-refractivity contribution in [2.45, 2.75) is 13.3 Å². The molecule has 17 heavy (non-hydrogen) atoms. The molecule has 0 aliphatic rings. The minimum Gasteiger partial charge on any atom is -0.282 e. The quantitative estimate of drug-likeness (QED) is 0.668. The zero-order chi connectivity index (χ0) is 12.1. The van der Waals surface area contributed by atoms with Gasteiger partial charge >= 0.3 is 0 Å². The summed E-state index contributed by atoms with van der Waals surface area (Å²) in [5, 5.41) is 6.65. The number of carbonyl (C=O) groups excluding carboxylic acids is 1. The molecule has 3 N–H and O–H groups in total. The maximum atomic E-state index is 11.6. The van der Waals surface area contributed by atoms with Gasteiger partial charge < -0.3 is 0 Å². The molecule has 1 amide bonds. The summed E-state index contributed by atoms with van der Waals surface area (Å²) in [6.45, 7) is 1.98. The lowest BCUT2D eigenvalue weighted by molar-refractivity contribution is 0.0957. The highest BCUT2D eigenvalue weighted by Gasteiger charge is 2.09. The van der Waals surface area contributed by atoms with E-state index in [9.17, 15) is 4.79 Å². The van der Waals surface area contributed by atoms with Gasteiger partial charge in [0.2, 0.25) is 5.95 Å². The Balaban J connectivity index is 1.93. The summed E-state index contributed by atoms with van der Waals surface area (Å²) in [5.74, 6) is -0.0134. The zero-order valence-electron chi connectivity index (χ0n) is 9.27. The molecule has 2 aromatic heterocycles. The molecule has 2 rings (SSSR count). The number of hydrogen-bond acceptors (Lipinski definition) is 5. The Hall–Kier alpha value is -2.44. The number of hydrogen-bond donors (Lipinski definition) is 3. The van der Waals surface area contributed by atoms with E-state index in [0.717, 1.165) is 12.1 Å². The first-order chi connectivity index (χ1) is 8.29. The summed E-state index contributed by atoms with van der Waals surface area (Å²) in [4.78, 5) is 19.4. The number of carbonyl (C=O) groups is 1. The maximum Gasteiger partial charge on any atom is 0.290 e. The third-order valence-corrected chi connectivity index (χ3v) is 2.10. The predicted octanol–water partition coefficient (Wildman–Crippen LogP) is 0.519. The van der Waals surface area contributed by atoms with Crippen molar-refractivity contribution in [3.05, 3.63) is 35.9 Å². The van der Waals surface area contributed by atoms with Gasteiger partial charge in [0.1, 0.15) is 0 Å². The molecule has 0 bridgehead atoms. The van der Waals surface area contributed by atoms with E-state index in [4.69, 9.17) is 0 Å². The van der Waals surface area contributed by atoms with Gasteiger partial charge in [-0.3, -0.25) is 20.7 Å². The van der Waals surface area contributed by atoms with Crippen molar-refractivity contribution in [2.24, 2.45) is 0 Å². The highest BCUT2D eigenvalue weighted by Crippen LogP contribution is 2.00. The summed E-state index contributed by atoms with van der Waals surface area (Å²) in [7, 11) is 0. The Labute approximate surface area is 97.7 Å². The lowest BCUT2D eigenvalue weighted by Gasteiger charge is -2.03. The lowest BCUT2D eigenvalue weighted by Crippen LogP contribution is -2.30. The van der Waals surface area contributed by atoms with Crippen LogP contribution in [0.15, 0.2) is 24.5 Å². The van der Waals surface area contributed by atoms with Crippen molar-refractivity contribution in [2.75, 3.05) is 5.43 Å². The maximum absolute atomic E-state index is 11.6. The molecule has 0 aliphatic carbocycles. The predicted molar refractivity (Wildman–Crippen MR) is 61.1 cm³/mol. The molecule has 0 radical (unpaired) electrons. The van der Waals surface area contributed by atoms with Gasteiger partial charge in [0, 0.05) is 18.1 Å². The summed E-state index contributed by atoms with van der Waals surface area (Å²) < 4.78 is 0. The number of aromatic nitrogens is 4. The van der Waals surface area contributed by atoms with Gasteiger partial charge in [-0.25, -0.2) is 9.97 Å². The summed E-state index contributed by atoms with van der Waals surface area (Å²) in [5.41, 5.74) is 6.28. The third kappa shape index (κ3) is 2.77. The van der Waals surface area contributed by atoms with E-state index in [0.29, 0.717) is 11.6 Å². The number of nitrogens with zero attached hydrogens (tertiary/aromatic N) is 3. The molecule has 0 aliphatic heterocycles. The first kappa shape index (κ1) is 11.1. The number of rotatable bonds is 4. The van der Waals surface area contributed by atoms with Crippen LogP contribution >= 0.6 is 0 Å². The van der Waals surface area contributed by atoms with Crippen LogP contribution in [0.4, 0.5) is 5.95 Å². The fourth-order valence-corrected chi connectivity index (χ4v) is 1.20. The van der Waals surface area contributed by atoms with Crippen molar-refractivity contribution in [1.29, 1.82) is 0 Å². The summed E-state index contributed by atoms with van der Waals surface area (Å²) >= 11 is 0. The van der Waals surface area contributed by atoms with Crippen molar-refractivity contribution in [3.8, 4) is 0 Å². The van der Waals surface area contributed by atoms with E-state index in [-0.39, 0.29) is 5.91 Å². The zero-order valence-corrected chi connectivity index (χ0v) is 9.27. The Morgan fingerprint density at radius 2 is 2.18 bits per heavy atom. The Kier molecular flexibility index (Phi) is 3.29. The van der Waals surface area contributed by atoms with Crippen molar-refractivity contribution in [1.82, 2.24) is 25.6 Å². The standard InChI is InChI=1S/C10H12N6O/c1-2-7-6-8(14-13-7)9(17)15-16-10-11-4-3-5-12-10/h3-6H,2H2,1H3,(H,13,14)(H,15,17)(H,11,12,16). The first-order valence-electron chi connectivity index (χ1n) is 5.17. The van der Waals surface area contributed by atoms with E-state index >= 15 is 0 Å². The van der Waals surface area contributed by atoms with E-state index in [2.05, 4.69) is 31.0 Å². The van der Waals surface area contributed by atoms with Crippen LogP contribution in [0.2, 0.25) is 0 Å². The Morgan fingerprint density at radius 3 is 2.82 bits per heavy atom. The van der Waals surface area contributed by atoms with Gasteiger partial charge in [-0.15, -0.1) is 0 Å². The van der Waals surface area contributed by atoms with E-state index in [1.807, 2.05) is 6.92 Å². The number of amides is 1. The van der Waals surface area contributed by atoms with E-state index in [1.165, 1.54) is 0 Å². The van der Waals surface area contributed by atoms with Crippen LogP contribution in [0.3, 0.4) is 0 Å². The molecule has 0 aromatic carbocycles. The second kappa shape index (κ2) is 5.06. The smallest absolute Gasteiger partial charge is 0.282 e. The summed E-state index contributed by atoms with van der Waals surface area (Å²) in [6.07, 6.45) is 3.95. The molecular weight excluding hydrogens is 220 g/mol. The minimum atomic E-state index is -0.339. The highest BCUT2D eigenvalue weighted by atomic mass is 16.2. The van der Waals surface area contributed by atoms with Gasteiger partial charge in [-0.05, 0) is 18.6 Å². The molecule has 0 saturated carbocycles. The van der Waals surface area contributed by atoms with Crippen LogP contribution in [0.25, 0.3) is 0 Å². The average Bonchev–Trinajstić information content (AvgIpc) is 2.86. The molecule has 88 valence electrons. The second-order valence-corrected chi connectivity index (χ2v) is 3.28. The first-order valence-corrected chi connectivity index (χ1v) is 5.17. The Morgan fingerprint density at radius 1 is 1.41 bits per heavy atom. The molecule has 0 fully saturated rings.